The molecule has 0 saturated carbocycles. The van der Waals surface area contributed by atoms with E-state index < -0.39 is 0 Å². The van der Waals surface area contributed by atoms with Crippen LogP contribution in [0.2, 0.25) is 0 Å². The summed E-state index contributed by atoms with van der Waals surface area (Å²) in [5, 5.41) is 3.13. The predicted octanol–water partition coefficient (Wildman–Crippen LogP) is 1.92. The molecule has 0 saturated heterocycles. The normalized spacial score (nSPS) is 12.5. The lowest BCUT2D eigenvalue weighted by Crippen LogP contribution is -2.39. The molecule has 3 heteroatoms. The first-order chi connectivity index (χ1) is 7.00. The highest BCUT2D eigenvalue weighted by molar-refractivity contribution is 5.83. The molecule has 0 spiro atoms. The van der Waals surface area contributed by atoms with Gasteiger partial charge in [-0.2, -0.15) is 0 Å². The summed E-state index contributed by atoms with van der Waals surface area (Å²) in [5.74, 6) is -0.130. The fraction of sp³-hybridized carbons (Fsp3) is 0.417. The van der Waals surface area contributed by atoms with E-state index in [1.54, 1.807) is 0 Å². The average molecular weight is 206 g/mol. The van der Waals surface area contributed by atoms with Crippen molar-refractivity contribution < 1.29 is 4.79 Å². The van der Waals surface area contributed by atoms with Gasteiger partial charge in [0.15, 0.2) is 0 Å². The number of nitrogens with one attached hydrogen (secondary N) is 1. The quantitative estimate of drug-likeness (QED) is 0.790. The molecule has 0 bridgehead atoms. The van der Waals surface area contributed by atoms with Crippen LogP contribution in [0.3, 0.4) is 0 Å². The van der Waals surface area contributed by atoms with Gasteiger partial charge in [-0.15, -0.1) is 0 Å². The molecule has 1 unspecified atom stereocenters. The van der Waals surface area contributed by atoms with Crippen LogP contribution in [0, 0.1) is 12.8 Å². The molecule has 0 radical (unpaired) electrons. The van der Waals surface area contributed by atoms with E-state index in [0.717, 1.165) is 5.69 Å². The van der Waals surface area contributed by atoms with Crippen molar-refractivity contribution >= 4 is 11.6 Å². The van der Waals surface area contributed by atoms with Crippen LogP contribution in [0.4, 0.5) is 5.69 Å². The smallest absolute Gasteiger partial charge is 0.240 e. The molecule has 3 N–H and O–H groups in total. The first-order valence-electron chi connectivity index (χ1n) is 5.13. The second-order valence-corrected chi connectivity index (χ2v) is 4.13. The fourth-order valence-corrected chi connectivity index (χ4v) is 1.40. The molecule has 82 valence electrons. The van der Waals surface area contributed by atoms with Gasteiger partial charge in [0, 0.05) is 5.69 Å². The largest absolute Gasteiger partial charge is 0.373 e. The minimum Gasteiger partial charge on any atom is -0.373 e. The van der Waals surface area contributed by atoms with Crippen LogP contribution in [0.1, 0.15) is 19.4 Å². The van der Waals surface area contributed by atoms with Crippen LogP contribution < -0.4 is 11.1 Å². The third-order valence-corrected chi connectivity index (χ3v) is 2.35. The molecule has 15 heavy (non-hydrogen) atoms. The Balaban J connectivity index is 2.74. The number of rotatable bonds is 4. The Morgan fingerprint density at radius 2 is 1.80 bits per heavy atom. The highest BCUT2D eigenvalue weighted by Gasteiger charge is 2.18. The summed E-state index contributed by atoms with van der Waals surface area (Å²) in [5.41, 5.74) is 7.44. The number of benzene rings is 1. The molecule has 0 aliphatic carbocycles. The van der Waals surface area contributed by atoms with Crippen molar-refractivity contribution in [3.8, 4) is 0 Å². The van der Waals surface area contributed by atoms with Crippen LogP contribution in [0.15, 0.2) is 24.3 Å². The van der Waals surface area contributed by atoms with Gasteiger partial charge in [0.2, 0.25) is 5.91 Å². The lowest BCUT2D eigenvalue weighted by Gasteiger charge is -2.20. The van der Waals surface area contributed by atoms with Crippen LogP contribution >= 0.6 is 0 Å². The van der Waals surface area contributed by atoms with Crippen molar-refractivity contribution in [1.29, 1.82) is 0 Å². The monoisotopic (exact) mass is 206 g/mol. The third-order valence-electron chi connectivity index (χ3n) is 2.35. The van der Waals surface area contributed by atoms with Gasteiger partial charge in [0.25, 0.3) is 0 Å². The average Bonchev–Trinajstić information content (AvgIpc) is 2.15. The number of primary amides is 1. The Kier molecular flexibility index (Phi) is 3.72. The summed E-state index contributed by atoms with van der Waals surface area (Å²) < 4.78 is 0. The Labute approximate surface area is 90.7 Å². The topological polar surface area (TPSA) is 55.1 Å². The van der Waals surface area contributed by atoms with Gasteiger partial charge in [0.1, 0.15) is 6.04 Å². The molecule has 1 rings (SSSR count). The predicted molar refractivity (Wildman–Crippen MR) is 62.6 cm³/mol. The van der Waals surface area contributed by atoms with Gasteiger partial charge < -0.3 is 11.1 Å². The van der Waals surface area contributed by atoms with Crippen LogP contribution in [-0.4, -0.2) is 11.9 Å². The zero-order chi connectivity index (χ0) is 11.4. The van der Waals surface area contributed by atoms with Gasteiger partial charge in [-0.3, -0.25) is 4.79 Å². The zero-order valence-corrected chi connectivity index (χ0v) is 9.45. The molecule has 0 aromatic heterocycles. The molecule has 1 aromatic carbocycles. The summed E-state index contributed by atoms with van der Waals surface area (Å²) >= 11 is 0. The number of hydrogen-bond acceptors (Lipinski definition) is 2. The number of carbonyl (C=O) groups excluding carboxylic acids is 1. The van der Waals surface area contributed by atoms with E-state index in [1.165, 1.54) is 5.56 Å². The number of hydrogen-bond donors (Lipinski definition) is 2. The molecular formula is C12H18N2O. The van der Waals surface area contributed by atoms with Crippen LogP contribution in [0.5, 0.6) is 0 Å². The van der Waals surface area contributed by atoms with Crippen LogP contribution in [-0.2, 0) is 4.79 Å². The Bertz CT molecular complexity index is 330. The summed E-state index contributed by atoms with van der Waals surface area (Å²) in [6.07, 6.45) is 0. The van der Waals surface area contributed by atoms with E-state index in [2.05, 4.69) is 5.32 Å². The molecular weight excluding hydrogens is 188 g/mol. The number of anilines is 1. The van der Waals surface area contributed by atoms with Crippen LogP contribution in [0.25, 0.3) is 0 Å². The lowest BCUT2D eigenvalue weighted by atomic mass is 10.0. The molecule has 0 aliphatic rings. The number of nitrogens with two attached hydrogens (primary N) is 1. The van der Waals surface area contributed by atoms with Gasteiger partial charge >= 0.3 is 0 Å². The van der Waals surface area contributed by atoms with Crippen molar-refractivity contribution in [2.45, 2.75) is 26.8 Å². The second kappa shape index (κ2) is 4.82. The van der Waals surface area contributed by atoms with E-state index in [4.69, 9.17) is 5.73 Å². The molecule has 1 atom stereocenters. The van der Waals surface area contributed by atoms with E-state index in [-0.39, 0.29) is 17.9 Å². The summed E-state index contributed by atoms with van der Waals surface area (Å²) in [4.78, 5) is 11.2. The van der Waals surface area contributed by atoms with Crippen molar-refractivity contribution in [1.82, 2.24) is 0 Å². The van der Waals surface area contributed by atoms with Gasteiger partial charge in [0.05, 0.1) is 0 Å². The first kappa shape index (κ1) is 11.6. The van der Waals surface area contributed by atoms with E-state index in [9.17, 15) is 4.79 Å². The van der Waals surface area contributed by atoms with Gasteiger partial charge in [-0.05, 0) is 25.0 Å². The molecule has 0 fully saturated rings. The van der Waals surface area contributed by atoms with E-state index in [0.29, 0.717) is 0 Å². The maximum absolute atomic E-state index is 11.2. The minimum atomic E-state index is -0.314. The molecule has 3 nitrogen and oxygen atoms in total. The van der Waals surface area contributed by atoms with Gasteiger partial charge in [-0.1, -0.05) is 31.5 Å². The van der Waals surface area contributed by atoms with Crippen molar-refractivity contribution in [2.75, 3.05) is 5.32 Å². The Morgan fingerprint density at radius 3 is 2.20 bits per heavy atom. The minimum absolute atomic E-state index is 0.184. The van der Waals surface area contributed by atoms with Crippen molar-refractivity contribution in [3.05, 3.63) is 29.8 Å². The molecule has 0 aliphatic heterocycles. The summed E-state index contributed by atoms with van der Waals surface area (Å²) in [6.45, 7) is 5.96. The fourth-order valence-electron chi connectivity index (χ4n) is 1.40. The van der Waals surface area contributed by atoms with Gasteiger partial charge in [-0.25, -0.2) is 0 Å². The van der Waals surface area contributed by atoms with E-state index >= 15 is 0 Å². The highest BCUT2D eigenvalue weighted by atomic mass is 16.1. The summed E-state index contributed by atoms with van der Waals surface area (Å²) in [6, 6.07) is 7.59. The maximum atomic E-state index is 11.2. The Hall–Kier alpha value is -1.51. The molecule has 1 aromatic rings. The third kappa shape index (κ3) is 3.27. The Morgan fingerprint density at radius 1 is 1.27 bits per heavy atom. The number of amides is 1. The molecule has 0 heterocycles. The second-order valence-electron chi connectivity index (χ2n) is 4.13. The maximum Gasteiger partial charge on any atom is 0.240 e. The first-order valence-corrected chi connectivity index (χ1v) is 5.13. The zero-order valence-electron chi connectivity index (χ0n) is 9.45. The van der Waals surface area contributed by atoms with E-state index in [1.807, 2.05) is 45.0 Å². The lowest BCUT2D eigenvalue weighted by molar-refractivity contribution is -0.119. The molecule has 1 amide bonds. The number of carbonyl (C=O) groups is 1. The summed E-state index contributed by atoms with van der Waals surface area (Å²) in [7, 11) is 0. The van der Waals surface area contributed by atoms with Crippen molar-refractivity contribution in [2.24, 2.45) is 11.7 Å². The highest BCUT2D eigenvalue weighted by Crippen LogP contribution is 2.13. The van der Waals surface area contributed by atoms with Crippen molar-refractivity contribution in [3.63, 3.8) is 0 Å². The SMILES string of the molecule is Cc1ccc(NC(C(N)=O)C(C)C)cc1. The number of aryl methyl sites for hydroxylation is 1. The standard InChI is InChI=1S/C12H18N2O/c1-8(2)11(12(13)15)14-10-6-4-9(3)5-7-10/h4-8,11,14H,1-3H3,(H2,13,15).